The molecule has 0 atom stereocenters. The molecule has 4 nitrogen and oxygen atoms in total. The number of ether oxygens (including phenoxy) is 1. The van der Waals surface area contributed by atoms with Crippen LogP contribution in [0.25, 0.3) is 0 Å². The first kappa shape index (κ1) is 11.3. The van der Waals surface area contributed by atoms with Crippen molar-refractivity contribution in [1.82, 2.24) is 10.2 Å². The molecule has 6 heteroatoms. The van der Waals surface area contributed by atoms with Crippen LogP contribution in [0.5, 0.6) is 11.6 Å². The maximum atomic E-state index is 12.8. The summed E-state index contributed by atoms with van der Waals surface area (Å²) in [5.74, 6) is -0.226. The average Bonchev–Trinajstić information content (AvgIpc) is 2.33. The number of rotatable bonds is 2. The SMILES string of the molecule is N#Cc1ccnnc1Oc1ccc(F)cc1Cl. The molecule has 0 N–H and O–H groups in total. The molecule has 0 fully saturated rings. The number of hydrogen-bond donors (Lipinski definition) is 0. The van der Waals surface area contributed by atoms with E-state index in [9.17, 15) is 4.39 Å². The van der Waals surface area contributed by atoms with Gasteiger partial charge in [0.25, 0.3) is 5.88 Å². The number of aromatic nitrogens is 2. The highest BCUT2D eigenvalue weighted by atomic mass is 35.5. The summed E-state index contributed by atoms with van der Waals surface area (Å²) in [6.07, 6.45) is 1.37. The van der Waals surface area contributed by atoms with Crippen molar-refractivity contribution in [2.24, 2.45) is 0 Å². The van der Waals surface area contributed by atoms with Crippen LogP contribution in [0.1, 0.15) is 5.56 Å². The van der Waals surface area contributed by atoms with Crippen LogP contribution in [-0.2, 0) is 0 Å². The molecule has 84 valence electrons. The zero-order chi connectivity index (χ0) is 12.3. The third-order valence-electron chi connectivity index (χ3n) is 1.91. The predicted octanol–water partition coefficient (Wildman–Crippen LogP) is 2.93. The topological polar surface area (TPSA) is 58.8 Å². The molecule has 0 amide bonds. The van der Waals surface area contributed by atoms with E-state index in [0.29, 0.717) is 0 Å². The molecule has 17 heavy (non-hydrogen) atoms. The largest absolute Gasteiger partial charge is 0.435 e. The van der Waals surface area contributed by atoms with Gasteiger partial charge in [-0.2, -0.15) is 10.4 Å². The number of nitrogens with zero attached hydrogens (tertiary/aromatic N) is 3. The zero-order valence-electron chi connectivity index (χ0n) is 8.39. The number of benzene rings is 1. The Hall–Kier alpha value is -2.19. The van der Waals surface area contributed by atoms with Crippen molar-refractivity contribution >= 4 is 11.6 Å². The van der Waals surface area contributed by atoms with E-state index in [1.54, 1.807) is 0 Å². The normalized spacial score (nSPS) is 9.71. The summed E-state index contributed by atoms with van der Waals surface area (Å²) in [7, 11) is 0. The lowest BCUT2D eigenvalue weighted by atomic mass is 10.3. The Morgan fingerprint density at radius 2 is 2.18 bits per heavy atom. The van der Waals surface area contributed by atoms with Crippen LogP contribution >= 0.6 is 11.6 Å². The minimum Gasteiger partial charge on any atom is -0.435 e. The minimum atomic E-state index is -0.470. The summed E-state index contributed by atoms with van der Waals surface area (Å²) < 4.78 is 18.1. The Bertz CT molecular complexity index is 598. The number of hydrogen-bond acceptors (Lipinski definition) is 4. The lowest BCUT2D eigenvalue weighted by Crippen LogP contribution is -1.94. The first-order valence-electron chi connectivity index (χ1n) is 4.55. The molecule has 0 bridgehead atoms. The van der Waals surface area contributed by atoms with Crippen molar-refractivity contribution in [2.45, 2.75) is 0 Å². The highest BCUT2D eigenvalue weighted by Crippen LogP contribution is 2.29. The molecule has 1 heterocycles. The van der Waals surface area contributed by atoms with Crippen molar-refractivity contribution < 1.29 is 9.13 Å². The molecular weight excluding hydrogens is 245 g/mol. The second-order valence-corrected chi connectivity index (χ2v) is 3.45. The maximum Gasteiger partial charge on any atom is 0.257 e. The second kappa shape index (κ2) is 4.76. The molecule has 1 aromatic heterocycles. The molecule has 0 radical (unpaired) electrons. The second-order valence-electron chi connectivity index (χ2n) is 3.04. The molecule has 0 aliphatic rings. The van der Waals surface area contributed by atoms with Gasteiger partial charge in [-0.05, 0) is 24.3 Å². The third-order valence-corrected chi connectivity index (χ3v) is 2.20. The van der Waals surface area contributed by atoms with E-state index >= 15 is 0 Å². The molecular formula is C11H5ClFN3O. The van der Waals surface area contributed by atoms with Gasteiger partial charge in [0.1, 0.15) is 23.2 Å². The molecule has 0 unspecified atom stereocenters. The van der Waals surface area contributed by atoms with Crippen LogP contribution in [-0.4, -0.2) is 10.2 Å². The van der Waals surface area contributed by atoms with Gasteiger partial charge in [0.2, 0.25) is 0 Å². The Labute approximate surface area is 101 Å². The molecule has 0 aliphatic heterocycles. The zero-order valence-corrected chi connectivity index (χ0v) is 9.15. The van der Waals surface area contributed by atoms with E-state index in [0.717, 1.165) is 6.07 Å². The molecule has 0 spiro atoms. The Kier molecular flexibility index (Phi) is 3.17. The van der Waals surface area contributed by atoms with E-state index < -0.39 is 5.82 Å². The fraction of sp³-hybridized carbons (Fsp3) is 0. The summed E-state index contributed by atoms with van der Waals surface area (Å²) in [6, 6.07) is 7.02. The van der Waals surface area contributed by atoms with Gasteiger partial charge in [-0.3, -0.25) is 0 Å². The molecule has 0 aliphatic carbocycles. The standard InChI is InChI=1S/C11H5ClFN3O/c12-9-5-8(13)1-2-10(9)17-11-7(6-14)3-4-15-16-11/h1-5H. The van der Waals surface area contributed by atoms with Crippen molar-refractivity contribution in [3.63, 3.8) is 0 Å². The Balaban J connectivity index is 2.35. The van der Waals surface area contributed by atoms with Crippen molar-refractivity contribution in [2.75, 3.05) is 0 Å². The lowest BCUT2D eigenvalue weighted by Gasteiger charge is -2.06. The summed E-state index contributed by atoms with van der Waals surface area (Å²) in [5.41, 5.74) is 0.223. The van der Waals surface area contributed by atoms with Crippen LogP contribution in [0.3, 0.4) is 0 Å². The first-order valence-corrected chi connectivity index (χ1v) is 4.93. The van der Waals surface area contributed by atoms with E-state index in [-0.39, 0.29) is 22.2 Å². The van der Waals surface area contributed by atoms with Crippen LogP contribution in [0, 0.1) is 17.1 Å². The molecule has 0 saturated heterocycles. The lowest BCUT2D eigenvalue weighted by molar-refractivity contribution is 0.452. The van der Waals surface area contributed by atoms with Crippen molar-refractivity contribution in [3.05, 3.63) is 46.9 Å². The Morgan fingerprint density at radius 3 is 2.88 bits per heavy atom. The highest BCUT2D eigenvalue weighted by molar-refractivity contribution is 6.32. The van der Waals surface area contributed by atoms with Gasteiger partial charge in [-0.15, -0.1) is 5.10 Å². The van der Waals surface area contributed by atoms with Crippen LogP contribution in [0.15, 0.2) is 30.5 Å². The molecule has 0 saturated carbocycles. The summed E-state index contributed by atoms with van der Waals surface area (Å²) >= 11 is 5.78. The van der Waals surface area contributed by atoms with E-state index in [4.69, 9.17) is 21.6 Å². The quantitative estimate of drug-likeness (QED) is 0.821. The van der Waals surface area contributed by atoms with E-state index in [1.165, 1.54) is 24.4 Å². The molecule has 2 aromatic rings. The van der Waals surface area contributed by atoms with Crippen molar-refractivity contribution in [3.8, 4) is 17.7 Å². The highest BCUT2D eigenvalue weighted by Gasteiger charge is 2.09. The van der Waals surface area contributed by atoms with E-state index in [1.807, 2.05) is 6.07 Å². The van der Waals surface area contributed by atoms with Gasteiger partial charge in [-0.1, -0.05) is 11.6 Å². The smallest absolute Gasteiger partial charge is 0.257 e. The van der Waals surface area contributed by atoms with Crippen molar-refractivity contribution in [1.29, 1.82) is 5.26 Å². The monoisotopic (exact) mass is 249 g/mol. The molecule has 2 rings (SSSR count). The Morgan fingerprint density at radius 1 is 1.35 bits per heavy atom. The predicted molar refractivity (Wildman–Crippen MR) is 58.2 cm³/mol. The van der Waals surface area contributed by atoms with Gasteiger partial charge in [0.15, 0.2) is 0 Å². The summed E-state index contributed by atoms with van der Waals surface area (Å²) in [6.45, 7) is 0. The number of halogens is 2. The van der Waals surface area contributed by atoms with Crippen LogP contribution < -0.4 is 4.74 Å². The summed E-state index contributed by atoms with van der Waals surface area (Å²) in [5, 5.41) is 16.2. The number of nitriles is 1. The first-order chi connectivity index (χ1) is 8.20. The van der Waals surface area contributed by atoms with Gasteiger partial charge < -0.3 is 4.74 Å². The van der Waals surface area contributed by atoms with Gasteiger partial charge in [-0.25, -0.2) is 4.39 Å². The van der Waals surface area contributed by atoms with Crippen LogP contribution in [0.2, 0.25) is 5.02 Å². The fourth-order valence-electron chi connectivity index (χ4n) is 1.14. The minimum absolute atomic E-state index is 0.0310. The van der Waals surface area contributed by atoms with Gasteiger partial charge in [0, 0.05) is 0 Å². The van der Waals surface area contributed by atoms with E-state index in [2.05, 4.69) is 10.2 Å². The fourth-order valence-corrected chi connectivity index (χ4v) is 1.35. The maximum absolute atomic E-state index is 12.8. The summed E-state index contributed by atoms with van der Waals surface area (Å²) in [4.78, 5) is 0. The average molecular weight is 250 g/mol. The molecule has 1 aromatic carbocycles. The van der Waals surface area contributed by atoms with Gasteiger partial charge >= 0.3 is 0 Å². The van der Waals surface area contributed by atoms with Gasteiger partial charge in [0.05, 0.1) is 11.2 Å². The third kappa shape index (κ3) is 2.49. The van der Waals surface area contributed by atoms with Crippen LogP contribution in [0.4, 0.5) is 4.39 Å².